The highest BCUT2D eigenvalue weighted by Gasteiger charge is 2.16. The molecule has 0 unspecified atom stereocenters. The molecule has 0 bridgehead atoms. The summed E-state index contributed by atoms with van der Waals surface area (Å²) in [5.74, 6) is 0.981. The number of fused-ring (bicyclic) bond motifs is 1. The maximum absolute atomic E-state index is 9.99. The van der Waals surface area contributed by atoms with Crippen LogP contribution in [0.25, 0.3) is 5.65 Å². The molecule has 118 valence electrons. The third-order valence-electron chi connectivity index (χ3n) is 3.93. The van der Waals surface area contributed by atoms with Gasteiger partial charge in [0.1, 0.15) is 0 Å². The third kappa shape index (κ3) is 2.82. The average Bonchev–Trinajstić information content (AvgIpc) is 2.89. The molecular formula is C18H20N4O. The SMILES string of the molecule is Cc1ccc(N=Nc2c(C(C)C)nc3c(O)cccn23)cc1C. The molecule has 0 amide bonds. The molecule has 0 saturated carbocycles. The lowest BCUT2D eigenvalue weighted by molar-refractivity contribution is 0.477. The fourth-order valence-corrected chi connectivity index (χ4v) is 2.44. The van der Waals surface area contributed by atoms with E-state index >= 15 is 0 Å². The zero-order chi connectivity index (χ0) is 16.6. The van der Waals surface area contributed by atoms with Crippen molar-refractivity contribution in [2.75, 3.05) is 0 Å². The first-order chi connectivity index (χ1) is 11.0. The van der Waals surface area contributed by atoms with Gasteiger partial charge in [0, 0.05) is 6.20 Å². The molecule has 2 heterocycles. The third-order valence-corrected chi connectivity index (χ3v) is 3.93. The fourth-order valence-electron chi connectivity index (χ4n) is 2.44. The highest BCUT2D eigenvalue weighted by Crippen LogP contribution is 2.32. The number of aryl methyl sites for hydroxylation is 2. The summed E-state index contributed by atoms with van der Waals surface area (Å²) in [5.41, 5.74) is 4.54. The molecule has 3 aromatic rings. The Kier molecular flexibility index (Phi) is 3.86. The summed E-state index contributed by atoms with van der Waals surface area (Å²) in [4.78, 5) is 4.51. The van der Waals surface area contributed by atoms with E-state index in [0.29, 0.717) is 11.5 Å². The van der Waals surface area contributed by atoms with Gasteiger partial charge in [0.2, 0.25) is 0 Å². The Morgan fingerprint density at radius 2 is 1.87 bits per heavy atom. The molecule has 0 spiro atoms. The average molecular weight is 308 g/mol. The molecule has 0 fully saturated rings. The second-order valence-electron chi connectivity index (χ2n) is 6.03. The first kappa shape index (κ1) is 15.2. The summed E-state index contributed by atoms with van der Waals surface area (Å²) < 4.78 is 1.77. The molecule has 23 heavy (non-hydrogen) atoms. The summed E-state index contributed by atoms with van der Waals surface area (Å²) in [6.07, 6.45) is 1.84. The van der Waals surface area contributed by atoms with Crippen LogP contribution in [0.3, 0.4) is 0 Å². The number of aromatic nitrogens is 2. The summed E-state index contributed by atoms with van der Waals surface area (Å²) in [6, 6.07) is 9.38. The van der Waals surface area contributed by atoms with Crippen LogP contribution in [0.1, 0.15) is 36.6 Å². The van der Waals surface area contributed by atoms with Crippen LogP contribution >= 0.6 is 0 Å². The molecule has 0 aliphatic carbocycles. The number of benzene rings is 1. The van der Waals surface area contributed by atoms with Crippen LogP contribution in [0.4, 0.5) is 11.5 Å². The molecule has 0 atom stereocenters. The quantitative estimate of drug-likeness (QED) is 0.676. The van der Waals surface area contributed by atoms with Gasteiger partial charge in [-0.25, -0.2) is 4.98 Å². The summed E-state index contributed by atoms with van der Waals surface area (Å²) in [7, 11) is 0. The van der Waals surface area contributed by atoms with Gasteiger partial charge < -0.3 is 5.11 Å². The zero-order valence-electron chi connectivity index (χ0n) is 13.8. The number of pyridine rings is 1. The number of hydrogen-bond donors (Lipinski definition) is 1. The number of rotatable bonds is 3. The number of aromatic hydroxyl groups is 1. The summed E-state index contributed by atoms with van der Waals surface area (Å²) >= 11 is 0. The highest BCUT2D eigenvalue weighted by molar-refractivity contribution is 5.60. The van der Waals surface area contributed by atoms with Crippen LogP contribution in [0.15, 0.2) is 46.8 Å². The first-order valence-electron chi connectivity index (χ1n) is 7.66. The smallest absolute Gasteiger partial charge is 0.183 e. The normalized spacial score (nSPS) is 11.9. The summed E-state index contributed by atoms with van der Waals surface area (Å²) in [6.45, 7) is 8.22. The van der Waals surface area contributed by atoms with E-state index in [1.54, 1.807) is 16.5 Å². The zero-order valence-corrected chi connectivity index (χ0v) is 13.8. The Bertz CT molecular complexity index is 893. The Hall–Kier alpha value is -2.69. The minimum absolute atomic E-state index is 0.141. The molecule has 1 aromatic carbocycles. The molecule has 1 N–H and O–H groups in total. The Morgan fingerprint density at radius 3 is 2.57 bits per heavy atom. The van der Waals surface area contributed by atoms with Crippen LogP contribution in [-0.4, -0.2) is 14.5 Å². The summed E-state index contributed by atoms with van der Waals surface area (Å²) in [5, 5.41) is 18.8. The lowest BCUT2D eigenvalue weighted by Crippen LogP contribution is -1.87. The maximum atomic E-state index is 9.99. The standard InChI is InChI=1S/C18H20N4O/c1-11(2)16-18(22-9-5-6-15(23)17(22)19-16)21-20-14-8-7-12(3)13(4)10-14/h5-11,23H,1-4H3. The molecule has 2 aromatic heterocycles. The van der Waals surface area contributed by atoms with Gasteiger partial charge in [-0.05, 0) is 55.2 Å². The van der Waals surface area contributed by atoms with Crippen LogP contribution in [0.5, 0.6) is 5.75 Å². The van der Waals surface area contributed by atoms with E-state index in [1.807, 2.05) is 38.2 Å². The molecule has 5 heteroatoms. The molecule has 0 saturated heterocycles. The lowest BCUT2D eigenvalue weighted by Gasteiger charge is -2.02. The maximum Gasteiger partial charge on any atom is 0.183 e. The second kappa shape index (κ2) is 5.83. The Morgan fingerprint density at radius 1 is 1.09 bits per heavy atom. The Labute approximate surface area is 135 Å². The van der Waals surface area contributed by atoms with Crippen LogP contribution in [0.2, 0.25) is 0 Å². The van der Waals surface area contributed by atoms with E-state index < -0.39 is 0 Å². The fraction of sp³-hybridized carbons (Fsp3) is 0.278. The van der Waals surface area contributed by atoms with E-state index in [2.05, 4.69) is 29.1 Å². The predicted octanol–water partition coefficient (Wildman–Crippen LogP) is 5.20. The van der Waals surface area contributed by atoms with E-state index in [4.69, 9.17) is 0 Å². The van der Waals surface area contributed by atoms with Crippen molar-refractivity contribution in [1.29, 1.82) is 0 Å². The molecule has 0 aliphatic rings. The second-order valence-corrected chi connectivity index (χ2v) is 6.03. The molecule has 0 radical (unpaired) electrons. The Balaban J connectivity index is 2.11. The number of nitrogens with zero attached hydrogens (tertiary/aromatic N) is 4. The van der Waals surface area contributed by atoms with E-state index in [0.717, 1.165) is 11.4 Å². The lowest BCUT2D eigenvalue weighted by atomic mass is 10.1. The van der Waals surface area contributed by atoms with Gasteiger partial charge >= 0.3 is 0 Å². The first-order valence-corrected chi connectivity index (χ1v) is 7.66. The van der Waals surface area contributed by atoms with Crippen molar-refractivity contribution >= 4 is 17.2 Å². The minimum atomic E-state index is 0.141. The van der Waals surface area contributed by atoms with Gasteiger partial charge in [0.25, 0.3) is 0 Å². The van der Waals surface area contributed by atoms with Crippen LogP contribution in [0, 0.1) is 13.8 Å². The van der Waals surface area contributed by atoms with E-state index in [-0.39, 0.29) is 11.7 Å². The van der Waals surface area contributed by atoms with Gasteiger partial charge in [-0.2, -0.15) is 0 Å². The topological polar surface area (TPSA) is 62.2 Å². The highest BCUT2D eigenvalue weighted by atomic mass is 16.3. The van der Waals surface area contributed by atoms with Crippen molar-refractivity contribution in [2.45, 2.75) is 33.6 Å². The monoisotopic (exact) mass is 308 g/mol. The van der Waals surface area contributed by atoms with Gasteiger partial charge in [-0.3, -0.25) is 4.40 Å². The van der Waals surface area contributed by atoms with Crippen molar-refractivity contribution in [3.8, 4) is 5.75 Å². The number of hydrogen-bond acceptors (Lipinski definition) is 4. The number of azo groups is 1. The molecule has 5 nitrogen and oxygen atoms in total. The van der Waals surface area contributed by atoms with Crippen molar-refractivity contribution in [3.05, 3.63) is 53.3 Å². The molecule has 3 rings (SSSR count). The molecule has 0 aliphatic heterocycles. The minimum Gasteiger partial charge on any atom is -0.504 e. The predicted molar refractivity (Wildman–Crippen MR) is 91.0 cm³/mol. The largest absolute Gasteiger partial charge is 0.504 e. The van der Waals surface area contributed by atoms with Gasteiger partial charge in [0.05, 0.1) is 11.4 Å². The van der Waals surface area contributed by atoms with Crippen LogP contribution < -0.4 is 0 Å². The number of imidazole rings is 1. The van der Waals surface area contributed by atoms with Crippen molar-refractivity contribution in [3.63, 3.8) is 0 Å². The van der Waals surface area contributed by atoms with Crippen molar-refractivity contribution in [1.82, 2.24) is 9.38 Å². The molecular weight excluding hydrogens is 288 g/mol. The van der Waals surface area contributed by atoms with Gasteiger partial charge in [-0.15, -0.1) is 10.2 Å². The van der Waals surface area contributed by atoms with E-state index in [1.165, 1.54) is 11.1 Å². The van der Waals surface area contributed by atoms with Crippen molar-refractivity contribution < 1.29 is 5.11 Å². The van der Waals surface area contributed by atoms with Gasteiger partial charge in [-0.1, -0.05) is 19.9 Å². The van der Waals surface area contributed by atoms with E-state index in [9.17, 15) is 5.11 Å². The van der Waals surface area contributed by atoms with Crippen LogP contribution in [-0.2, 0) is 0 Å². The van der Waals surface area contributed by atoms with Gasteiger partial charge in [0.15, 0.2) is 17.2 Å². The van der Waals surface area contributed by atoms with Crippen molar-refractivity contribution in [2.24, 2.45) is 10.2 Å².